The van der Waals surface area contributed by atoms with Gasteiger partial charge in [0.05, 0.1) is 16.7 Å². The normalized spacial score (nSPS) is 12.0. The molecular weight excluding hydrogens is 554 g/mol. The number of fused-ring (bicyclic) bond motifs is 4. The van der Waals surface area contributed by atoms with E-state index in [1.807, 2.05) is 72.9 Å². The highest BCUT2D eigenvalue weighted by atomic mass is 16.3. The SMILES string of the molecule is CC(C)(C)c1cc(-c2ccccn2)cc(-c2cccc3c2nc(-c2c(O)ccc4c2oc2ccccc24)n3-c2ccccc2)c1. The van der Waals surface area contributed by atoms with Crippen molar-refractivity contribution in [2.24, 2.45) is 0 Å². The fourth-order valence-electron chi connectivity index (χ4n) is 6.23. The second-order valence-electron chi connectivity index (χ2n) is 12.5. The maximum Gasteiger partial charge on any atom is 0.153 e. The number of pyridine rings is 1. The lowest BCUT2D eigenvalue weighted by Crippen LogP contribution is -2.11. The Kier molecular flexibility index (Phi) is 6.10. The molecule has 0 saturated heterocycles. The molecule has 45 heavy (non-hydrogen) atoms. The van der Waals surface area contributed by atoms with Gasteiger partial charge in [-0.05, 0) is 77.2 Å². The molecule has 5 nitrogen and oxygen atoms in total. The van der Waals surface area contributed by atoms with Crippen molar-refractivity contribution in [3.8, 4) is 45.2 Å². The first kappa shape index (κ1) is 26.9. The van der Waals surface area contributed by atoms with E-state index in [0.29, 0.717) is 17.0 Å². The van der Waals surface area contributed by atoms with Gasteiger partial charge in [-0.15, -0.1) is 0 Å². The van der Waals surface area contributed by atoms with Gasteiger partial charge in [-0.2, -0.15) is 0 Å². The highest BCUT2D eigenvalue weighted by Crippen LogP contribution is 2.44. The first-order valence-electron chi connectivity index (χ1n) is 15.1. The standard InChI is InChI=1S/C40H31N3O2/c1-40(2,3)27-23-25(22-26(24-27)32-16-9-10-21-41-32)29-15-11-17-33-37(29)42-39(43(33)28-12-5-4-6-13-28)36-34(44)20-19-31-30-14-7-8-18-35(30)45-38(31)36/h4-24,44H,1-3H3. The number of phenolic OH excluding ortho intramolecular Hbond substituents is 1. The fraction of sp³-hybridized carbons (Fsp3) is 0.100. The Balaban J connectivity index is 1.45. The number of hydrogen-bond acceptors (Lipinski definition) is 4. The Morgan fingerprint density at radius 2 is 1.49 bits per heavy atom. The molecule has 3 aromatic heterocycles. The minimum Gasteiger partial charge on any atom is -0.507 e. The molecule has 5 aromatic carbocycles. The van der Waals surface area contributed by atoms with Crippen LogP contribution in [-0.4, -0.2) is 19.6 Å². The predicted octanol–water partition coefficient (Wildman–Crippen LogP) is 10.3. The van der Waals surface area contributed by atoms with Gasteiger partial charge in [0.25, 0.3) is 0 Å². The van der Waals surface area contributed by atoms with E-state index < -0.39 is 0 Å². The van der Waals surface area contributed by atoms with Crippen LogP contribution in [0.1, 0.15) is 26.3 Å². The molecule has 0 spiro atoms. The van der Waals surface area contributed by atoms with Crippen LogP contribution in [0.3, 0.4) is 0 Å². The summed E-state index contributed by atoms with van der Waals surface area (Å²) in [7, 11) is 0. The second-order valence-corrected chi connectivity index (χ2v) is 12.5. The summed E-state index contributed by atoms with van der Waals surface area (Å²) in [6, 6.07) is 40.8. The summed E-state index contributed by atoms with van der Waals surface area (Å²) in [5.41, 5.74) is 9.83. The predicted molar refractivity (Wildman–Crippen MR) is 183 cm³/mol. The second kappa shape index (κ2) is 10.2. The van der Waals surface area contributed by atoms with Gasteiger partial charge in [-0.25, -0.2) is 4.98 Å². The van der Waals surface area contributed by atoms with Crippen LogP contribution in [-0.2, 0) is 5.41 Å². The fourth-order valence-corrected chi connectivity index (χ4v) is 6.23. The number of para-hydroxylation sites is 3. The number of nitrogens with zero attached hydrogens (tertiary/aromatic N) is 3. The van der Waals surface area contributed by atoms with Crippen LogP contribution >= 0.6 is 0 Å². The van der Waals surface area contributed by atoms with Crippen LogP contribution in [0.25, 0.3) is 72.4 Å². The zero-order valence-electron chi connectivity index (χ0n) is 25.3. The minimum atomic E-state index is -0.0786. The first-order valence-corrected chi connectivity index (χ1v) is 15.1. The number of aromatic nitrogens is 3. The average molecular weight is 586 g/mol. The maximum absolute atomic E-state index is 11.4. The van der Waals surface area contributed by atoms with Gasteiger partial charge in [-0.1, -0.05) is 81.4 Å². The molecule has 1 N–H and O–H groups in total. The molecule has 8 rings (SSSR count). The van der Waals surface area contributed by atoms with E-state index in [-0.39, 0.29) is 11.2 Å². The van der Waals surface area contributed by atoms with Crippen molar-refractivity contribution in [2.45, 2.75) is 26.2 Å². The number of hydrogen-bond donors (Lipinski definition) is 1. The zero-order chi connectivity index (χ0) is 30.7. The number of furan rings is 1. The van der Waals surface area contributed by atoms with Crippen molar-refractivity contribution in [1.82, 2.24) is 14.5 Å². The van der Waals surface area contributed by atoms with Crippen molar-refractivity contribution in [3.05, 3.63) is 133 Å². The number of imidazole rings is 1. The lowest BCUT2D eigenvalue weighted by molar-refractivity contribution is 0.476. The Morgan fingerprint density at radius 3 is 2.29 bits per heavy atom. The van der Waals surface area contributed by atoms with Gasteiger partial charge < -0.3 is 9.52 Å². The third kappa shape index (κ3) is 4.47. The third-order valence-corrected chi connectivity index (χ3v) is 8.52. The van der Waals surface area contributed by atoms with Crippen LogP contribution in [0.2, 0.25) is 0 Å². The summed E-state index contributed by atoms with van der Waals surface area (Å²) in [4.78, 5) is 10.0. The maximum atomic E-state index is 11.4. The van der Waals surface area contributed by atoms with E-state index in [1.165, 1.54) is 5.56 Å². The highest BCUT2D eigenvalue weighted by Gasteiger charge is 2.25. The quantitative estimate of drug-likeness (QED) is 0.223. The molecule has 0 atom stereocenters. The van der Waals surface area contributed by atoms with Crippen LogP contribution < -0.4 is 0 Å². The molecule has 0 bridgehead atoms. The van der Waals surface area contributed by atoms with Crippen molar-refractivity contribution in [2.75, 3.05) is 0 Å². The van der Waals surface area contributed by atoms with E-state index in [4.69, 9.17) is 9.40 Å². The van der Waals surface area contributed by atoms with Gasteiger partial charge in [0.1, 0.15) is 22.5 Å². The topological polar surface area (TPSA) is 64.1 Å². The Bertz CT molecular complexity index is 2360. The zero-order valence-corrected chi connectivity index (χ0v) is 25.3. The highest BCUT2D eigenvalue weighted by molar-refractivity contribution is 6.11. The van der Waals surface area contributed by atoms with Crippen molar-refractivity contribution in [3.63, 3.8) is 0 Å². The molecule has 0 amide bonds. The summed E-state index contributed by atoms with van der Waals surface area (Å²) in [6.07, 6.45) is 1.83. The average Bonchev–Trinajstić information content (AvgIpc) is 3.63. The van der Waals surface area contributed by atoms with Crippen LogP contribution in [0.4, 0.5) is 0 Å². The molecule has 0 aliphatic heterocycles. The van der Waals surface area contributed by atoms with Gasteiger partial charge in [0, 0.05) is 33.8 Å². The molecular formula is C40H31N3O2. The van der Waals surface area contributed by atoms with Gasteiger partial charge in [-0.3, -0.25) is 9.55 Å². The molecule has 3 heterocycles. The van der Waals surface area contributed by atoms with Gasteiger partial charge in [0.15, 0.2) is 5.82 Å². The van der Waals surface area contributed by atoms with Gasteiger partial charge in [0.2, 0.25) is 0 Å². The van der Waals surface area contributed by atoms with E-state index >= 15 is 0 Å². The summed E-state index contributed by atoms with van der Waals surface area (Å²) in [5, 5.41) is 13.4. The molecule has 0 fully saturated rings. The van der Waals surface area contributed by atoms with Crippen LogP contribution in [0.5, 0.6) is 5.75 Å². The third-order valence-electron chi connectivity index (χ3n) is 8.52. The Morgan fingerprint density at radius 1 is 0.711 bits per heavy atom. The number of aromatic hydroxyl groups is 1. The number of benzene rings is 5. The van der Waals surface area contributed by atoms with E-state index in [0.717, 1.165) is 55.5 Å². The smallest absolute Gasteiger partial charge is 0.153 e. The molecule has 5 heteroatoms. The summed E-state index contributed by atoms with van der Waals surface area (Å²) in [5.74, 6) is 0.727. The van der Waals surface area contributed by atoms with E-state index in [9.17, 15) is 5.11 Å². The Hall–Kier alpha value is -5.68. The molecule has 218 valence electrons. The molecule has 0 aliphatic rings. The summed E-state index contributed by atoms with van der Waals surface area (Å²) in [6.45, 7) is 6.69. The van der Waals surface area contributed by atoms with Crippen molar-refractivity contribution < 1.29 is 9.52 Å². The monoisotopic (exact) mass is 585 g/mol. The molecule has 8 aromatic rings. The Labute approximate surface area is 261 Å². The first-order chi connectivity index (χ1) is 21.9. The molecule has 0 radical (unpaired) electrons. The summed E-state index contributed by atoms with van der Waals surface area (Å²) >= 11 is 0. The lowest BCUT2D eigenvalue weighted by Gasteiger charge is -2.21. The van der Waals surface area contributed by atoms with Crippen LogP contribution in [0.15, 0.2) is 132 Å². The molecule has 0 aliphatic carbocycles. The van der Waals surface area contributed by atoms with Crippen molar-refractivity contribution >= 4 is 33.0 Å². The minimum absolute atomic E-state index is 0.0786. The van der Waals surface area contributed by atoms with E-state index in [2.05, 4.69) is 78.9 Å². The molecule has 0 saturated carbocycles. The van der Waals surface area contributed by atoms with Crippen LogP contribution in [0, 0.1) is 0 Å². The number of rotatable bonds is 4. The molecule has 0 unspecified atom stereocenters. The lowest BCUT2D eigenvalue weighted by atomic mass is 9.83. The summed E-state index contributed by atoms with van der Waals surface area (Å²) < 4.78 is 8.54. The van der Waals surface area contributed by atoms with E-state index in [1.54, 1.807) is 6.07 Å². The van der Waals surface area contributed by atoms with Crippen molar-refractivity contribution in [1.29, 1.82) is 0 Å². The number of phenols is 1. The van der Waals surface area contributed by atoms with Gasteiger partial charge >= 0.3 is 0 Å². The largest absolute Gasteiger partial charge is 0.507 e.